The third-order valence-electron chi connectivity index (χ3n) is 2.55. The van der Waals surface area contributed by atoms with Crippen molar-refractivity contribution in [3.05, 3.63) is 52.8 Å². The molecule has 0 saturated heterocycles. The van der Waals surface area contributed by atoms with Crippen LogP contribution in [0.1, 0.15) is 0 Å². The molecular formula is C12H7Cl2N5. The monoisotopic (exact) mass is 291 g/mol. The standard InChI is InChI=1S/C12H7Cl2N5/c13-10-5-1-4-9(11(10)14)12-16-17-18-19(12)8-3-2-6-15-7-8/h1-7H. The molecule has 0 amide bonds. The quantitative estimate of drug-likeness (QED) is 0.728. The number of hydrogen-bond acceptors (Lipinski definition) is 4. The number of nitrogens with zero attached hydrogens (tertiary/aromatic N) is 5. The molecular weight excluding hydrogens is 285 g/mol. The Morgan fingerprint density at radius 2 is 1.95 bits per heavy atom. The van der Waals surface area contributed by atoms with Crippen LogP contribution in [0.3, 0.4) is 0 Å². The predicted molar refractivity (Wildman–Crippen MR) is 72.4 cm³/mol. The first-order chi connectivity index (χ1) is 9.27. The van der Waals surface area contributed by atoms with E-state index in [0.29, 0.717) is 21.4 Å². The van der Waals surface area contributed by atoms with Crippen LogP contribution in [0.4, 0.5) is 0 Å². The van der Waals surface area contributed by atoms with Crippen molar-refractivity contribution in [3.8, 4) is 17.1 Å². The molecule has 2 heterocycles. The highest BCUT2D eigenvalue weighted by atomic mass is 35.5. The lowest BCUT2D eigenvalue weighted by Gasteiger charge is -2.06. The van der Waals surface area contributed by atoms with Gasteiger partial charge in [0.2, 0.25) is 0 Å². The van der Waals surface area contributed by atoms with Crippen LogP contribution in [-0.2, 0) is 0 Å². The number of benzene rings is 1. The number of tetrazole rings is 1. The second-order valence-electron chi connectivity index (χ2n) is 3.73. The van der Waals surface area contributed by atoms with Crippen molar-refractivity contribution >= 4 is 23.2 Å². The molecule has 0 fully saturated rings. The summed E-state index contributed by atoms with van der Waals surface area (Å²) in [6.07, 6.45) is 3.35. The van der Waals surface area contributed by atoms with Crippen molar-refractivity contribution in [2.24, 2.45) is 0 Å². The van der Waals surface area contributed by atoms with Crippen LogP contribution in [-0.4, -0.2) is 25.2 Å². The maximum Gasteiger partial charge on any atom is 0.188 e. The normalized spacial score (nSPS) is 10.6. The minimum atomic E-state index is 0.420. The van der Waals surface area contributed by atoms with E-state index < -0.39 is 0 Å². The average molecular weight is 292 g/mol. The lowest BCUT2D eigenvalue weighted by Crippen LogP contribution is -2.00. The Hall–Kier alpha value is -1.98. The number of halogens is 2. The SMILES string of the molecule is Clc1cccc(-c2nnnn2-c2cccnc2)c1Cl. The van der Waals surface area contributed by atoms with Gasteiger partial charge >= 0.3 is 0 Å². The zero-order valence-corrected chi connectivity index (χ0v) is 11.0. The van der Waals surface area contributed by atoms with E-state index in [1.165, 1.54) is 0 Å². The van der Waals surface area contributed by atoms with Crippen LogP contribution in [0.25, 0.3) is 17.1 Å². The van der Waals surface area contributed by atoms with E-state index in [-0.39, 0.29) is 0 Å². The van der Waals surface area contributed by atoms with Gasteiger partial charge in [0.1, 0.15) is 0 Å². The van der Waals surface area contributed by atoms with Gasteiger partial charge in [-0.25, -0.2) is 0 Å². The van der Waals surface area contributed by atoms with Gasteiger partial charge < -0.3 is 0 Å². The molecule has 0 bridgehead atoms. The van der Waals surface area contributed by atoms with Gasteiger partial charge in [0.05, 0.1) is 21.9 Å². The Kier molecular flexibility index (Phi) is 3.15. The molecule has 3 rings (SSSR count). The van der Waals surface area contributed by atoms with E-state index in [4.69, 9.17) is 23.2 Å². The third kappa shape index (κ3) is 2.18. The molecule has 7 heteroatoms. The molecule has 0 atom stereocenters. The predicted octanol–water partition coefficient (Wildman–Crippen LogP) is 3.03. The maximum absolute atomic E-state index is 6.19. The van der Waals surface area contributed by atoms with Crippen molar-refractivity contribution in [2.75, 3.05) is 0 Å². The zero-order valence-electron chi connectivity index (χ0n) is 9.53. The second kappa shape index (κ2) is 4.95. The molecule has 0 radical (unpaired) electrons. The van der Waals surface area contributed by atoms with Crippen LogP contribution in [0.5, 0.6) is 0 Å². The number of pyridine rings is 1. The van der Waals surface area contributed by atoms with E-state index in [2.05, 4.69) is 20.5 Å². The summed E-state index contributed by atoms with van der Waals surface area (Å²) in [6, 6.07) is 8.98. The van der Waals surface area contributed by atoms with E-state index in [1.807, 2.05) is 12.1 Å². The minimum Gasteiger partial charge on any atom is -0.262 e. The van der Waals surface area contributed by atoms with Gasteiger partial charge in [0, 0.05) is 11.8 Å². The van der Waals surface area contributed by atoms with Crippen molar-refractivity contribution in [1.82, 2.24) is 25.2 Å². The van der Waals surface area contributed by atoms with E-state index in [0.717, 1.165) is 5.69 Å². The third-order valence-corrected chi connectivity index (χ3v) is 3.37. The van der Waals surface area contributed by atoms with Gasteiger partial charge in [0.15, 0.2) is 5.82 Å². The lowest BCUT2D eigenvalue weighted by molar-refractivity contribution is 0.788. The fraction of sp³-hybridized carbons (Fsp3) is 0. The van der Waals surface area contributed by atoms with E-state index >= 15 is 0 Å². The Morgan fingerprint density at radius 1 is 1.05 bits per heavy atom. The van der Waals surface area contributed by atoms with E-state index in [9.17, 15) is 0 Å². The van der Waals surface area contributed by atoms with Gasteiger partial charge in [0.25, 0.3) is 0 Å². The van der Waals surface area contributed by atoms with Crippen LogP contribution in [0, 0.1) is 0 Å². The molecule has 3 aromatic rings. The molecule has 0 aliphatic carbocycles. The molecule has 2 aromatic heterocycles. The highest BCUT2D eigenvalue weighted by Gasteiger charge is 2.15. The number of hydrogen-bond donors (Lipinski definition) is 0. The van der Waals surface area contributed by atoms with Gasteiger partial charge in [-0.3, -0.25) is 4.98 Å². The van der Waals surface area contributed by atoms with Crippen LogP contribution in [0.2, 0.25) is 10.0 Å². The topological polar surface area (TPSA) is 56.5 Å². The average Bonchev–Trinajstić information content (AvgIpc) is 2.92. The van der Waals surface area contributed by atoms with Crippen molar-refractivity contribution in [3.63, 3.8) is 0 Å². The molecule has 0 aliphatic rings. The van der Waals surface area contributed by atoms with Gasteiger partial charge in [-0.2, -0.15) is 4.68 Å². The van der Waals surface area contributed by atoms with Crippen LogP contribution >= 0.6 is 23.2 Å². The Labute approximate surface area is 118 Å². The summed E-state index contributed by atoms with van der Waals surface area (Å²) < 4.78 is 1.56. The van der Waals surface area contributed by atoms with Gasteiger partial charge in [-0.05, 0) is 34.7 Å². The highest BCUT2D eigenvalue weighted by Crippen LogP contribution is 2.32. The Bertz CT molecular complexity index is 711. The summed E-state index contributed by atoms with van der Waals surface area (Å²) >= 11 is 12.2. The fourth-order valence-corrected chi connectivity index (χ4v) is 2.07. The maximum atomic E-state index is 6.19. The van der Waals surface area contributed by atoms with Crippen LogP contribution < -0.4 is 0 Å². The van der Waals surface area contributed by atoms with Gasteiger partial charge in [-0.15, -0.1) is 5.10 Å². The molecule has 1 aromatic carbocycles. The van der Waals surface area contributed by atoms with Crippen molar-refractivity contribution < 1.29 is 0 Å². The molecule has 0 aliphatic heterocycles. The lowest BCUT2D eigenvalue weighted by atomic mass is 10.2. The summed E-state index contributed by atoms with van der Waals surface area (Å²) in [6.45, 7) is 0. The first kappa shape index (κ1) is 12.1. The molecule has 0 N–H and O–H groups in total. The smallest absolute Gasteiger partial charge is 0.188 e. The molecule has 5 nitrogen and oxygen atoms in total. The summed E-state index contributed by atoms with van der Waals surface area (Å²) in [5, 5.41) is 12.5. The minimum absolute atomic E-state index is 0.420. The Morgan fingerprint density at radius 3 is 2.74 bits per heavy atom. The molecule has 0 unspecified atom stereocenters. The van der Waals surface area contributed by atoms with Crippen molar-refractivity contribution in [2.45, 2.75) is 0 Å². The molecule has 19 heavy (non-hydrogen) atoms. The summed E-state index contributed by atoms with van der Waals surface area (Å²) in [5.41, 5.74) is 1.42. The number of rotatable bonds is 2. The summed E-state index contributed by atoms with van der Waals surface area (Å²) in [7, 11) is 0. The first-order valence-electron chi connectivity index (χ1n) is 5.40. The van der Waals surface area contributed by atoms with Gasteiger partial charge in [-0.1, -0.05) is 29.3 Å². The Balaban J connectivity index is 2.18. The molecule has 0 saturated carbocycles. The van der Waals surface area contributed by atoms with E-state index in [1.54, 1.807) is 35.3 Å². The second-order valence-corrected chi connectivity index (χ2v) is 4.51. The summed E-state index contributed by atoms with van der Waals surface area (Å²) in [5.74, 6) is 0.514. The van der Waals surface area contributed by atoms with Crippen LogP contribution in [0.15, 0.2) is 42.7 Å². The summed E-state index contributed by atoms with van der Waals surface area (Å²) in [4.78, 5) is 4.04. The number of aromatic nitrogens is 5. The van der Waals surface area contributed by atoms with Crippen molar-refractivity contribution in [1.29, 1.82) is 0 Å². The fourth-order valence-electron chi connectivity index (χ4n) is 1.68. The zero-order chi connectivity index (χ0) is 13.2. The largest absolute Gasteiger partial charge is 0.262 e. The first-order valence-corrected chi connectivity index (χ1v) is 6.16. The molecule has 0 spiro atoms. The highest BCUT2D eigenvalue weighted by molar-refractivity contribution is 6.43. The molecule has 94 valence electrons.